The summed E-state index contributed by atoms with van der Waals surface area (Å²) in [5.74, 6) is 4.84. The van der Waals surface area contributed by atoms with E-state index in [-0.39, 0.29) is 18.1 Å². The Kier molecular flexibility index (Phi) is 4.50. The normalized spacial score (nSPS) is 26.3. The molecule has 3 N–H and O–H groups in total. The molecule has 2 unspecified atom stereocenters. The standard InChI is InChI=1S/C10H21N3O2/c1-7(2)13(3)6-8-4-5-9(15-8)10(14)12-11/h7-9H,4-6,11H2,1-3H3,(H,12,14). The Morgan fingerprint density at radius 3 is 2.80 bits per heavy atom. The first kappa shape index (κ1) is 12.4. The van der Waals surface area contributed by atoms with E-state index in [4.69, 9.17) is 10.6 Å². The van der Waals surface area contributed by atoms with Gasteiger partial charge in [-0.2, -0.15) is 0 Å². The number of likely N-dealkylation sites (N-methyl/N-ethyl adjacent to an activating group) is 1. The van der Waals surface area contributed by atoms with Gasteiger partial charge < -0.3 is 9.64 Å². The molecule has 88 valence electrons. The molecule has 1 saturated heterocycles. The van der Waals surface area contributed by atoms with E-state index in [1.165, 1.54) is 0 Å². The summed E-state index contributed by atoms with van der Waals surface area (Å²) >= 11 is 0. The number of nitrogens with two attached hydrogens (primary N) is 1. The minimum Gasteiger partial charge on any atom is -0.364 e. The summed E-state index contributed by atoms with van der Waals surface area (Å²) in [6.45, 7) is 5.14. The number of amides is 1. The van der Waals surface area contributed by atoms with Crippen molar-refractivity contribution in [2.75, 3.05) is 13.6 Å². The first-order valence-electron chi connectivity index (χ1n) is 5.40. The molecule has 0 aromatic rings. The summed E-state index contributed by atoms with van der Waals surface area (Å²) in [6, 6.07) is 0.496. The van der Waals surface area contributed by atoms with Crippen LogP contribution in [0.5, 0.6) is 0 Å². The van der Waals surface area contributed by atoms with Gasteiger partial charge in [0, 0.05) is 12.6 Å². The van der Waals surface area contributed by atoms with Crippen molar-refractivity contribution in [3.63, 3.8) is 0 Å². The molecular formula is C10H21N3O2. The Labute approximate surface area is 90.9 Å². The largest absolute Gasteiger partial charge is 0.364 e. The van der Waals surface area contributed by atoms with Crippen LogP contribution in [0.25, 0.3) is 0 Å². The molecule has 0 aliphatic carbocycles. The van der Waals surface area contributed by atoms with Crippen molar-refractivity contribution in [2.24, 2.45) is 5.84 Å². The molecule has 0 radical (unpaired) electrons. The van der Waals surface area contributed by atoms with Crippen LogP contribution in [0.1, 0.15) is 26.7 Å². The zero-order chi connectivity index (χ0) is 11.4. The third-order valence-electron chi connectivity index (χ3n) is 2.92. The van der Waals surface area contributed by atoms with Gasteiger partial charge >= 0.3 is 0 Å². The molecule has 1 amide bonds. The summed E-state index contributed by atoms with van der Waals surface area (Å²) in [6.07, 6.45) is 1.48. The smallest absolute Gasteiger partial charge is 0.263 e. The molecule has 5 nitrogen and oxygen atoms in total. The SMILES string of the molecule is CC(C)N(C)CC1CCC(C(=O)NN)O1. The Hall–Kier alpha value is -0.650. The highest BCUT2D eigenvalue weighted by molar-refractivity contribution is 5.80. The number of carbonyl (C=O) groups excluding carboxylic acids is 1. The number of hydrogen-bond acceptors (Lipinski definition) is 4. The Morgan fingerprint density at radius 1 is 1.60 bits per heavy atom. The van der Waals surface area contributed by atoms with Gasteiger partial charge in [0.05, 0.1) is 6.10 Å². The van der Waals surface area contributed by atoms with Crippen LogP contribution in [-0.4, -0.2) is 42.6 Å². The fourth-order valence-corrected chi connectivity index (χ4v) is 1.66. The van der Waals surface area contributed by atoms with Gasteiger partial charge in [0.15, 0.2) is 0 Å². The second kappa shape index (κ2) is 5.44. The number of nitrogens with one attached hydrogen (secondary N) is 1. The molecule has 1 aliphatic rings. The molecule has 1 rings (SSSR count). The van der Waals surface area contributed by atoms with Crippen molar-refractivity contribution in [1.29, 1.82) is 0 Å². The highest BCUT2D eigenvalue weighted by atomic mass is 16.5. The van der Waals surface area contributed by atoms with Crippen molar-refractivity contribution < 1.29 is 9.53 Å². The average Bonchev–Trinajstić information content (AvgIpc) is 2.65. The van der Waals surface area contributed by atoms with E-state index < -0.39 is 0 Å². The van der Waals surface area contributed by atoms with Crippen LogP contribution in [-0.2, 0) is 9.53 Å². The summed E-state index contributed by atoms with van der Waals surface area (Å²) in [5, 5.41) is 0. The molecule has 2 atom stereocenters. The van der Waals surface area contributed by atoms with Crippen molar-refractivity contribution in [3.8, 4) is 0 Å². The summed E-state index contributed by atoms with van der Waals surface area (Å²) in [7, 11) is 2.06. The third-order valence-corrected chi connectivity index (χ3v) is 2.92. The Bertz CT molecular complexity index is 221. The maximum atomic E-state index is 11.2. The average molecular weight is 215 g/mol. The van der Waals surface area contributed by atoms with E-state index in [0.29, 0.717) is 6.04 Å². The predicted octanol–water partition coefficient (Wildman–Crippen LogP) is -0.136. The summed E-state index contributed by atoms with van der Waals surface area (Å²) in [4.78, 5) is 13.4. The first-order valence-corrected chi connectivity index (χ1v) is 5.40. The van der Waals surface area contributed by atoms with Gasteiger partial charge in [0.2, 0.25) is 0 Å². The number of ether oxygens (including phenoxy) is 1. The maximum Gasteiger partial charge on any atom is 0.263 e. The zero-order valence-corrected chi connectivity index (χ0v) is 9.69. The summed E-state index contributed by atoms with van der Waals surface area (Å²) in [5.41, 5.74) is 2.13. The quantitative estimate of drug-likeness (QED) is 0.389. The molecule has 0 aromatic carbocycles. The van der Waals surface area contributed by atoms with E-state index >= 15 is 0 Å². The van der Waals surface area contributed by atoms with Gasteiger partial charge in [0.1, 0.15) is 6.10 Å². The topological polar surface area (TPSA) is 67.6 Å². The second-order valence-electron chi connectivity index (χ2n) is 4.37. The number of rotatable bonds is 4. The van der Waals surface area contributed by atoms with E-state index in [1.807, 2.05) is 0 Å². The molecule has 15 heavy (non-hydrogen) atoms. The molecule has 0 aromatic heterocycles. The van der Waals surface area contributed by atoms with Gasteiger partial charge in [-0.25, -0.2) is 5.84 Å². The van der Waals surface area contributed by atoms with Crippen LogP contribution in [0, 0.1) is 0 Å². The van der Waals surface area contributed by atoms with E-state index in [2.05, 4.69) is 31.2 Å². The fourth-order valence-electron chi connectivity index (χ4n) is 1.66. The minimum atomic E-state index is -0.361. The Morgan fingerprint density at radius 2 is 2.27 bits per heavy atom. The van der Waals surface area contributed by atoms with Crippen LogP contribution >= 0.6 is 0 Å². The lowest BCUT2D eigenvalue weighted by Gasteiger charge is -2.24. The predicted molar refractivity (Wildman–Crippen MR) is 58.0 cm³/mol. The molecular weight excluding hydrogens is 194 g/mol. The minimum absolute atomic E-state index is 0.152. The third kappa shape index (κ3) is 3.44. The number of hydrazine groups is 1. The molecule has 0 bridgehead atoms. The molecule has 0 saturated carbocycles. The lowest BCUT2D eigenvalue weighted by atomic mass is 10.2. The van der Waals surface area contributed by atoms with E-state index in [1.54, 1.807) is 0 Å². The van der Waals surface area contributed by atoms with Crippen LogP contribution in [0.2, 0.25) is 0 Å². The molecule has 0 spiro atoms. The van der Waals surface area contributed by atoms with Crippen LogP contribution in [0.3, 0.4) is 0 Å². The van der Waals surface area contributed by atoms with Crippen molar-refractivity contribution >= 4 is 5.91 Å². The lowest BCUT2D eigenvalue weighted by Crippen LogP contribution is -2.40. The molecule has 1 heterocycles. The van der Waals surface area contributed by atoms with Crippen molar-refractivity contribution in [3.05, 3.63) is 0 Å². The van der Waals surface area contributed by atoms with Gasteiger partial charge in [-0.05, 0) is 33.7 Å². The number of hydrogen-bond donors (Lipinski definition) is 2. The van der Waals surface area contributed by atoms with Gasteiger partial charge in [0.25, 0.3) is 5.91 Å². The van der Waals surface area contributed by atoms with Gasteiger partial charge in [-0.1, -0.05) is 0 Å². The zero-order valence-electron chi connectivity index (χ0n) is 9.69. The van der Waals surface area contributed by atoms with Crippen LogP contribution in [0.15, 0.2) is 0 Å². The molecule has 1 fully saturated rings. The van der Waals surface area contributed by atoms with Crippen LogP contribution < -0.4 is 11.3 Å². The van der Waals surface area contributed by atoms with Crippen LogP contribution in [0.4, 0.5) is 0 Å². The highest BCUT2D eigenvalue weighted by Crippen LogP contribution is 2.20. The first-order chi connectivity index (χ1) is 7.04. The lowest BCUT2D eigenvalue weighted by molar-refractivity contribution is -0.132. The fraction of sp³-hybridized carbons (Fsp3) is 0.900. The van der Waals surface area contributed by atoms with Crippen molar-refractivity contribution in [2.45, 2.75) is 44.9 Å². The van der Waals surface area contributed by atoms with Gasteiger partial charge in [-0.3, -0.25) is 10.2 Å². The Balaban J connectivity index is 2.33. The second-order valence-corrected chi connectivity index (χ2v) is 4.37. The summed E-state index contributed by atoms with van der Waals surface area (Å²) < 4.78 is 5.60. The maximum absolute atomic E-state index is 11.2. The van der Waals surface area contributed by atoms with Gasteiger partial charge in [-0.15, -0.1) is 0 Å². The van der Waals surface area contributed by atoms with E-state index in [0.717, 1.165) is 19.4 Å². The molecule has 5 heteroatoms. The monoisotopic (exact) mass is 215 g/mol. The number of carbonyl (C=O) groups is 1. The highest BCUT2D eigenvalue weighted by Gasteiger charge is 2.30. The van der Waals surface area contributed by atoms with E-state index in [9.17, 15) is 4.79 Å². The molecule has 1 aliphatic heterocycles. The van der Waals surface area contributed by atoms with Crippen molar-refractivity contribution in [1.82, 2.24) is 10.3 Å². The number of nitrogens with zero attached hydrogens (tertiary/aromatic N) is 1.